The van der Waals surface area contributed by atoms with Gasteiger partial charge < -0.3 is 16.4 Å². The lowest BCUT2D eigenvalue weighted by atomic mass is 10.1. The van der Waals surface area contributed by atoms with E-state index >= 15 is 0 Å². The van der Waals surface area contributed by atoms with E-state index in [1.807, 2.05) is 20.8 Å². The molecule has 0 radical (unpaired) electrons. The first-order valence-electron chi connectivity index (χ1n) is 6.03. The van der Waals surface area contributed by atoms with E-state index in [2.05, 4.69) is 15.6 Å². The highest BCUT2D eigenvalue weighted by molar-refractivity contribution is 5.96. The number of nitrogen functional groups attached to an aromatic ring is 1. The Labute approximate surface area is 112 Å². The zero-order valence-electron chi connectivity index (χ0n) is 11.7. The molecule has 104 valence electrons. The summed E-state index contributed by atoms with van der Waals surface area (Å²) in [6, 6.07) is 2.41. The van der Waals surface area contributed by atoms with Crippen molar-refractivity contribution in [2.75, 3.05) is 5.73 Å². The number of hydrogen-bond acceptors (Lipinski definition) is 4. The normalized spacial score (nSPS) is 12.6. The second-order valence-electron chi connectivity index (χ2n) is 5.41. The van der Waals surface area contributed by atoms with Crippen LogP contribution in [0.15, 0.2) is 18.3 Å². The Morgan fingerprint density at radius 2 is 2.00 bits per heavy atom. The lowest BCUT2D eigenvalue weighted by Gasteiger charge is -2.23. The first-order chi connectivity index (χ1) is 8.69. The second kappa shape index (κ2) is 5.69. The fourth-order valence-corrected chi connectivity index (χ4v) is 1.39. The fourth-order valence-electron chi connectivity index (χ4n) is 1.39. The monoisotopic (exact) mass is 264 g/mol. The Kier molecular flexibility index (Phi) is 4.47. The molecule has 0 saturated heterocycles. The summed E-state index contributed by atoms with van der Waals surface area (Å²) in [6.07, 6.45) is 1.45. The highest BCUT2D eigenvalue weighted by atomic mass is 16.2. The van der Waals surface area contributed by atoms with Gasteiger partial charge in [-0.05, 0) is 39.8 Å². The molecular formula is C13H20N4O2. The van der Waals surface area contributed by atoms with Crippen LogP contribution in [0.4, 0.5) is 5.69 Å². The van der Waals surface area contributed by atoms with E-state index in [9.17, 15) is 9.59 Å². The standard InChI is InChI=1S/C13H20N4O2/c1-8(11(18)17-13(2,3)4)16-12(19)10-7-9(14)5-6-15-10/h5-8H,1-4H3,(H2,14,15)(H,16,19)(H,17,18). The number of nitrogens with two attached hydrogens (primary N) is 1. The van der Waals surface area contributed by atoms with Crippen molar-refractivity contribution in [2.24, 2.45) is 0 Å². The van der Waals surface area contributed by atoms with Crippen LogP contribution in [0.25, 0.3) is 0 Å². The Morgan fingerprint density at radius 1 is 1.37 bits per heavy atom. The van der Waals surface area contributed by atoms with Gasteiger partial charge in [0.15, 0.2) is 0 Å². The molecule has 0 bridgehead atoms. The van der Waals surface area contributed by atoms with Crippen LogP contribution in [0.3, 0.4) is 0 Å². The number of carbonyl (C=O) groups excluding carboxylic acids is 2. The van der Waals surface area contributed by atoms with E-state index < -0.39 is 11.9 Å². The molecule has 2 amide bonds. The predicted molar refractivity (Wildman–Crippen MR) is 73.5 cm³/mol. The van der Waals surface area contributed by atoms with Gasteiger partial charge in [0.05, 0.1) is 0 Å². The summed E-state index contributed by atoms with van der Waals surface area (Å²) >= 11 is 0. The summed E-state index contributed by atoms with van der Waals surface area (Å²) in [5.74, 6) is -0.673. The number of anilines is 1. The molecule has 0 aliphatic rings. The lowest BCUT2D eigenvalue weighted by molar-refractivity contribution is -0.124. The van der Waals surface area contributed by atoms with Crippen LogP contribution in [0, 0.1) is 0 Å². The van der Waals surface area contributed by atoms with Crippen LogP contribution in [0.5, 0.6) is 0 Å². The van der Waals surface area contributed by atoms with Gasteiger partial charge in [-0.2, -0.15) is 0 Å². The minimum atomic E-state index is -0.644. The minimum absolute atomic E-state index is 0.190. The molecule has 6 heteroatoms. The predicted octanol–water partition coefficient (Wildman–Crippen LogP) is 0.697. The van der Waals surface area contributed by atoms with Gasteiger partial charge in [-0.1, -0.05) is 0 Å². The van der Waals surface area contributed by atoms with Crippen LogP contribution in [0.2, 0.25) is 0 Å². The molecule has 0 aliphatic heterocycles. The van der Waals surface area contributed by atoms with Crippen molar-refractivity contribution in [3.63, 3.8) is 0 Å². The van der Waals surface area contributed by atoms with E-state index in [1.165, 1.54) is 12.3 Å². The van der Waals surface area contributed by atoms with Crippen LogP contribution in [-0.4, -0.2) is 28.4 Å². The molecule has 4 N–H and O–H groups in total. The highest BCUT2D eigenvalue weighted by Gasteiger charge is 2.21. The number of nitrogens with zero attached hydrogens (tertiary/aromatic N) is 1. The van der Waals surface area contributed by atoms with E-state index in [0.717, 1.165) is 0 Å². The van der Waals surface area contributed by atoms with E-state index in [-0.39, 0.29) is 17.1 Å². The molecule has 1 unspecified atom stereocenters. The first kappa shape index (κ1) is 14.9. The maximum absolute atomic E-state index is 11.9. The molecule has 0 fully saturated rings. The van der Waals surface area contributed by atoms with Gasteiger partial charge in [-0.25, -0.2) is 0 Å². The summed E-state index contributed by atoms with van der Waals surface area (Å²) in [5.41, 5.74) is 5.87. The molecule has 0 aliphatic carbocycles. The number of aromatic nitrogens is 1. The van der Waals surface area contributed by atoms with Gasteiger partial charge in [-0.3, -0.25) is 14.6 Å². The van der Waals surface area contributed by atoms with E-state index in [4.69, 9.17) is 5.73 Å². The molecule has 0 spiro atoms. The SMILES string of the molecule is CC(NC(=O)c1cc(N)ccn1)C(=O)NC(C)(C)C. The Bertz CT molecular complexity index is 480. The van der Waals surface area contributed by atoms with Gasteiger partial charge in [-0.15, -0.1) is 0 Å². The number of rotatable bonds is 3. The molecule has 1 rings (SSSR count). The van der Waals surface area contributed by atoms with Crippen molar-refractivity contribution < 1.29 is 9.59 Å². The zero-order chi connectivity index (χ0) is 14.6. The molecule has 1 atom stereocenters. The number of pyridine rings is 1. The third kappa shape index (κ3) is 4.95. The summed E-state index contributed by atoms with van der Waals surface area (Å²) in [6.45, 7) is 7.24. The summed E-state index contributed by atoms with van der Waals surface area (Å²) in [7, 11) is 0. The van der Waals surface area contributed by atoms with Crippen LogP contribution in [0.1, 0.15) is 38.2 Å². The van der Waals surface area contributed by atoms with Crippen LogP contribution in [-0.2, 0) is 4.79 Å². The first-order valence-corrected chi connectivity index (χ1v) is 6.03. The van der Waals surface area contributed by atoms with Gasteiger partial charge in [0.2, 0.25) is 5.91 Å². The number of hydrogen-bond donors (Lipinski definition) is 3. The maximum Gasteiger partial charge on any atom is 0.270 e. The van der Waals surface area contributed by atoms with Crippen molar-refractivity contribution in [3.8, 4) is 0 Å². The van der Waals surface area contributed by atoms with Gasteiger partial charge in [0.25, 0.3) is 5.91 Å². The molecule has 1 aromatic heterocycles. The minimum Gasteiger partial charge on any atom is -0.399 e. The van der Waals surface area contributed by atoms with Gasteiger partial charge in [0, 0.05) is 17.4 Å². The summed E-state index contributed by atoms with van der Waals surface area (Å²) in [5, 5.41) is 5.37. The van der Waals surface area contributed by atoms with Crippen molar-refractivity contribution >= 4 is 17.5 Å². The van der Waals surface area contributed by atoms with Crippen molar-refractivity contribution in [1.29, 1.82) is 0 Å². The highest BCUT2D eigenvalue weighted by Crippen LogP contribution is 2.04. The van der Waals surface area contributed by atoms with Crippen molar-refractivity contribution in [3.05, 3.63) is 24.0 Å². The maximum atomic E-state index is 11.9. The smallest absolute Gasteiger partial charge is 0.270 e. The van der Waals surface area contributed by atoms with Gasteiger partial charge in [0.1, 0.15) is 11.7 Å². The average Bonchev–Trinajstić information content (AvgIpc) is 2.26. The van der Waals surface area contributed by atoms with E-state index in [0.29, 0.717) is 5.69 Å². The summed E-state index contributed by atoms with van der Waals surface area (Å²) in [4.78, 5) is 27.6. The molecule has 1 aromatic rings. The molecular weight excluding hydrogens is 244 g/mol. The van der Waals surface area contributed by atoms with Crippen LogP contribution < -0.4 is 16.4 Å². The van der Waals surface area contributed by atoms with E-state index in [1.54, 1.807) is 13.0 Å². The molecule has 6 nitrogen and oxygen atoms in total. The quantitative estimate of drug-likeness (QED) is 0.748. The van der Waals surface area contributed by atoms with Crippen molar-refractivity contribution in [2.45, 2.75) is 39.3 Å². The Morgan fingerprint density at radius 3 is 2.53 bits per heavy atom. The van der Waals surface area contributed by atoms with Crippen LogP contribution >= 0.6 is 0 Å². The van der Waals surface area contributed by atoms with Gasteiger partial charge >= 0.3 is 0 Å². The third-order valence-electron chi connectivity index (χ3n) is 2.26. The Hall–Kier alpha value is -2.11. The Balaban J connectivity index is 2.64. The largest absolute Gasteiger partial charge is 0.399 e. The molecule has 0 aromatic carbocycles. The molecule has 0 saturated carbocycles. The number of carbonyl (C=O) groups is 2. The number of nitrogens with one attached hydrogen (secondary N) is 2. The second-order valence-corrected chi connectivity index (χ2v) is 5.41. The number of amides is 2. The molecule has 19 heavy (non-hydrogen) atoms. The zero-order valence-corrected chi connectivity index (χ0v) is 11.7. The topological polar surface area (TPSA) is 97.1 Å². The average molecular weight is 264 g/mol. The van der Waals surface area contributed by atoms with Crippen molar-refractivity contribution in [1.82, 2.24) is 15.6 Å². The molecule has 1 heterocycles. The fraction of sp³-hybridized carbons (Fsp3) is 0.462. The third-order valence-corrected chi connectivity index (χ3v) is 2.26. The lowest BCUT2D eigenvalue weighted by Crippen LogP contribution is -2.50. The summed E-state index contributed by atoms with van der Waals surface area (Å²) < 4.78 is 0.